The molecule has 8 aromatic carbocycles. The van der Waals surface area contributed by atoms with Gasteiger partial charge in [0.05, 0.1) is 11.4 Å². The average molecular weight is 1150 g/mol. The van der Waals surface area contributed by atoms with Gasteiger partial charge >= 0.3 is 0 Å². The number of unbranched alkanes of at least 4 members (excludes halogenated alkanes) is 12. The molecule has 0 bridgehead atoms. The second-order valence-electron chi connectivity index (χ2n) is 29.8. The van der Waals surface area contributed by atoms with Crippen LogP contribution in [0.15, 0.2) is 146 Å². The van der Waals surface area contributed by atoms with Crippen molar-refractivity contribution in [2.24, 2.45) is 0 Å². The lowest BCUT2D eigenvalue weighted by Crippen LogP contribution is -2.20. The van der Waals surface area contributed by atoms with Gasteiger partial charge in [0.1, 0.15) is 0 Å². The van der Waals surface area contributed by atoms with Gasteiger partial charge in [-0.25, -0.2) is 0 Å². The number of aryl methyl sites for hydroxylation is 4. The van der Waals surface area contributed by atoms with E-state index in [1.165, 1.54) is 214 Å². The Labute approximate surface area is 524 Å². The highest BCUT2D eigenvalue weighted by molar-refractivity contribution is 6.24. The normalized spacial score (nSPS) is 12.4. The smallest absolute Gasteiger partial charge is 0.0620 e. The van der Waals surface area contributed by atoms with E-state index in [-0.39, 0.29) is 21.7 Å². The van der Waals surface area contributed by atoms with Gasteiger partial charge in [-0.15, -0.1) is 0 Å². The van der Waals surface area contributed by atoms with Crippen molar-refractivity contribution in [1.29, 1.82) is 0 Å². The first kappa shape index (κ1) is 65.8. The molecular weight excluding hydrogens is 1040 g/mol. The van der Waals surface area contributed by atoms with Crippen molar-refractivity contribution in [3.8, 4) is 11.1 Å². The SMILES string of the molecule is CCCCCCc1cc(CCCCCC)cc(N(c2cc(C(C)(C)C)cc(C(C)(C)C)c2)c2c3ccccc3c(N(c3cc(CCCCCC)cc(CCCCCC)c3)c3cc(C(C)(C)C)cc(C(C)(C)C)c3)c3cc(-c4ccccc4)ccc23)c1. The minimum Gasteiger partial charge on any atom is -0.309 e. The zero-order valence-electron chi connectivity index (χ0n) is 56.9. The predicted octanol–water partition coefficient (Wildman–Crippen LogP) is 26.3. The molecule has 0 aliphatic rings. The minimum atomic E-state index is -0.0882. The van der Waals surface area contributed by atoms with Gasteiger partial charge in [-0.2, -0.15) is 0 Å². The molecule has 8 aromatic rings. The van der Waals surface area contributed by atoms with Crippen LogP contribution in [0.4, 0.5) is 34.1 Å². The van der Waals surface area contributed by atoms with Gasteiger partial charge in [-0.1, -0.05) is 279 Å². The molecule has 86 heavy (non-hydrogen) atoms. The van der Waals surface area contributed by atoms with E-state index in [0.717, 1.165) is 25.7 Å². The van der Waals surface area contributed by atoms with E-state index in [4.69, 9.17) is 0 Å². The van der Waals surface area contributed by atoms with E-state index in [1.54, 1.807) is 0 Å². The van der Waals surface area contributed by atoms with E-state index in [2.05, 4.69) is 266 Å². The van der Waals surface area contributed by atoms with Gasteiger partial charge < -0.3 is 9.80 Å². The van der Waals surface area contributed by atoms with Crippen molar-refractivity contribution in [3.63, 3.8) is 0 Å². The van der Waals surface area contributed by atoms with Crippen LogP contribution >= 0.6 is 0 Å². The molecule has 8 rings (SSSR count). The highest BCUT2D eigenvalue weighted by Gasteiger charge is 2.31. The Morgan fingerprint density at radius 1 is 0.256 bits per heavy atom. The fraction of sp³-hybridized carbons (Fsp3) is 0.476. The van der Waals surface area contributed by atoms with Gasteiger partial charge in [0.25, 0.3) is 0 Å². The molecule has 0 saturated carbocycles. The molecule has 0 atom stereocenters. The van der Waals surface area contributed by atoms with Crippen LogP contribution in [0.1, 0.15) is 258 Å². The van der Waals surface area contributed by atoms with Crippen LogP contribution in [0.25, 0.3) is 32.7 Å². The van der Waals surface area contributed by atoms with Crippen molar-refractivity contribution >= 4 is 55.7 Å². The van der Waals surface area contributed by atoms with E-state index < -0.39 is 0 Å². The molecule has 0 heterocycles. The van der Waals surface area contributed by atoms with E-state index >= 15 is 0 Å². The Morgan fingerprint density at radius 2 is 0.558 bits per heavy atom. The molecule has 0 aliphatic carbocycles. The minimum absolute atomic E-state index is 0.0841. The number of hydrogen-bond donors (Lipinski definition) is 0. The molecule has 458 valence electrons. The molecule has 0 amide bonds. The number of anilines is 6. The maximum absolute atomic E-state index is 2.74. The van der Waals surface area contributed by atoms with Crippen molar-refractivity contribution < 1.29 is 0 Å². The second-order valence-corrected chi connectivity index (χ2v) is 29.8. The monoisotopic (exact) mass is 1150 g/mol. The zero-order valence-corrected chi connectivity index (χ0v) is 56.9. The number of fused-ring (bicyclic) bond motifs is 2. The molecular formula is C84H112N2. The topological polar surface area (TPSA) is 6.48 Å². The van der Waals surface area contributed by atoms with Crippen LogP contribution in [0.3, 0.4) is 0 Å². The van der Waals surface area contributed by atoms with Crippen LogP contribution < -0.4 is 9.80 Å². The molecule has 0 spiro atoms. The van der Waals surface area contributed by atoms with Gasteiger partial charge in [0, 0.05) is 44.3 Å². The second kappa shape index (κ2) is 29.3. The first-order chi connectivity index (χ1) is 41.0. The fourth-order valence-corrected chi connectivity index (χ4v) is 12.8. The van der Waals surface area contributed by atoms with Crippen molar-refractivity contribution in [3.05, 3.63) is 190 Å². The van der Waals surface area contributed by atoms with Crippen LogP contribution in [-0.2, 0) is 47.3 Å². The van der Waals surface area contributed by atoms with Gasteiger partial charge in [0.15, 0.2) is 0 Å². The first-order valence-electron chi connectivity index (χ1n) is 34.2. The third kappa shape index (κ3) is 16.7. The Kier molecular flexibility index (Phi) is 22.4. The Bertz CT molecular complexity index is 3350. The lowest BCUT2D eigenvalue weighted by molar-refractivity contribution is 0.568. The highest BCUT2D eigenvalue weighted by atomic mass is 15.2. The summed E-state index contributed by atoms with van der Waals surface area (Å²) < 4.78 is 0. The van der Waals surface area contributed by atoms with Gasteiger partial charge in [-0.05, 0) is 183 Å². The summed E-state index contributed by atoms with van der Waals surface area (Å²) in [6.45, 7) is 38.0. The van der Waals surface area contributed by atoms with Crippen molar-refractivity contribution in [2.75, 3.05) is 9.80 Å². The fourth-order valence-electron chi connectivity index (χ4n) is 12.8. The highest BCUT2D eigenvalue weighted by Crippen LogP contribution is 2.54. The Morgan fingerprint density at radius 3 is 0.884 bits per heavy atom. The standard InChI is InChI=1S/C84H112N2/c1-17-21-25-30-38-61-48-62(39-31-26-22-18-2)51-71(50-61)85(73-57-67(81(5,6)7)55-68(58-73)82(8,9)10)79-75-44-36-37-45-76(75)80(78-54-66(46-47-77(78)79)65-42-34-29-35-43-65)86(74-59-69(83(11,12)13)56-70(60-74)84(14,15)16)72-52-63(40-32-27-23-19-3)49-64(53-72)41-33-28-24-20-4/h29,34-37,42-60H,17-28,30-33,38-41H2,1-16H3. The number of rotatable bonds is 27. The summed E-state index contributed by atoms with van der Waals surface area (Å²) in [6, 6.07) is 58.8. The van der Waals surface area contributed by atoms with Gasteiger partial charge in [-0.3, -0.25) is 0 Å². The molecule has 0 N–H and O–H groups in total. The van der Waals surface area contributed by atoms with Crippen molar-refractivity contribution in [1.82, 2.24) is 0 Å². The predicted molar refractivity (Wildman–Crippen MR) is 382 cm³/mol. The third-order valence-electron chi connectivity index (χ3n) is 18.2. The van der Waals surface area contributed by atoms with Crippen LogP contribution in [-0.4, -0.2) is 0 Å². The van der Waals surface area contributed by atoms with Crippen LogP contribution in [0, 0.1) is 0 Å². The van der Waals surface area contributed by atoms with Gasteiger partial charge in [0.2, 0.25) is 0 Å². The molecule has 0 unspecified atom stereocenters. The molecule has 2 heteroatoms. The summed E-state index contributed by atoms with van der Waals surface area (Å²) in [5.74, 6) is 0. The van der Waals surface area contributed by atoms with Crippen molar-refractivity contribution in [2.45, 2.75) is 261 Å². The molecule has 0 radical (unpaired) electrons. The Balaban J connectivity index is 1.58. The maximum Gasteiger partial charge on any atom is 0.0620 e. The Hall–Kier alpha value is -6.12. The summed E-state index contributed by atoms with van der Waals surface area (Å²) in [7, 11) is 0. The molecule has 0 saturated heterocycles. The summed E-state index contributed by atoms with van der Waals surface area (Å²) >= 11 is 0. The average Bonchev–Trinajstić information content (AvgIpc) is 1.30. The lowest BCUT2D eigenvalue weighted by Gasteiger charge is -2.36. The van der Waals surface area contributed by atoms with E-state index in [1.807, 2.05) is 0 Å². The van der Waals surface area contributed by atoms with Crippen LogP contribution in [0.2, 0.25) is 0 Å². The first-order valence-corrected chi connectivity index (χ1v) is 34.2. The molecule has 2 nitrogen and oxygen atoms in total. The number of benzene rings is 8. The molecule has 0 aromatic heterocycles. The summed E-state index contributed by atoms with van der Waals surface area (Å²) in [5.41, 5.74) is 20.8. The number of hydrogen-bond acceptors (Lipinski definition) is 2. The van der Waals surface area contributed by atoms with Crippen LogP contribution in [0.5, 0.6) is 0 Å². The largest absolute Gasteiger partial charge is 0.309 e. The summed E-state index contributed by atoms with van der Waals surface area (Å²) in [4.78, 5) is 5.48. The lowest BCUT2D eigenvalue weighted by atomic mass is 9.80. The summed E-state index contributed by atoms with van der Waals surface area (Å²) in [5, 5.41) is 5.00. The zero-order chi connectivity index (χ0) is 61.8. The van der Waals surface area contributed by atoms with E-state index in [9.17, 15) is 0 Å². The third-order valence-corrected chi connectivity index (χ3v) is 18.2. The molecule has 0 fully saturated rings. The molecule has 0 aliphatic heterocycles. The number of nitrogens with zero attached hydrogens (tertiary/aromatic N) is 2. The summed E-state index contributed by atoms with van der Waals surface area (Å²) in [6.07, 6.45) is 24.2. The van der Waals surface area contributed by atoms with E-state index in [0.29, 0.717) is 0 Å². The maximum atomic E-state index is 2.74. The quantitative estimate of drug-likeness (QED) is 0.0288.